The second-order valence-electron chi connectivity index (χ2n) is 7.00. The number of carbonyl (C=O) groups excluding carboxylic acids is 1. The van der Waals surface area contributed by atoms with Crippen LogP contribution in [0.25, 0.3) is 15.6 Å². The molecule has 28 heavy (non-hydrogen) atoms. The number of hydrogen-bond donors (Lipinski definition) is 1. The van der Waals surface area contributed by atoms with Crippen molar-refractivity contribution in [3.63, 3.8) is 0 Å². The molecule has 1 aliphatic heterocycles. The van der Waals surface area contributed by atoms with Crippen molar-refractivity contribution >= 4 is 61.3 Å². The highest BCUT2D eigenvalue weighted by atomic mass is 127. The largest absolute Gasteiger partial charge is 0.382 e. The molecule has 5 rings (SSSR count). The summed E-state index contributed by atoms with van der Waals surface area (Å²) < 4.78 is 4.09. The normalized spacial score (nSPS) is 15.5. The summed E-state index contributed by atoms with van der Waals surface area (Å²) in [5.74, 6) is 1.96. The van der Waals surface area contributed by atoms with Gasteiger partial charge in [0.1, 0.15) is 15.0 Å². The van der Waals surface area contributed by atoms with E-state index in [2.05, 4.69) is 38.0 Å². The summed E-state index contributed by atoms with van der Waals surface area (Å²) in [6, 6.07) is 8.10. The maximum Gasteiger partial charge on any atom is 0.255 e. The summed E-state index contributed by atoms with van der Waals surface area (Å²) in [6.45, 7) is 1.47. The number of hydrogen-bond acceptors (Lipinski definition) is 5. The van der Waals surface area contributed by atoms with Gasteiger partial charge >= 0.3 is 0 Å². The third kappa shape index (κ3) is 2.86. The van der Waals surface area contributed by atoms with Crippen LogP contribution in [0, 0.1) is 3.70 Å². The minimum atomic E-state index is 0.131. The molecule has 1 aromatic carbocycles. The molecule has 1 saturated heterocycles. The van der Waals surface area contributed by atoms with E-state index in [1.807, 2.05) is 34.7 Å². The number of benzene rings is 1. The van der Waals surface area contributed by atoms with E-state index in [0.717, 1.165) is 56.6 Å². The van der Waals surface area contributed by atoms with Crippen LogP contribution in [0.5, 0.6) is 0 Å². The third-order valence-electron chi connectivity index (χ3n) is 5.43. The minimum absolute atomic E-state index is 0.131. The van der Waals surface area contributed by atoms with Crippen molar-refractivity contribution in [1.29, 1.82) is 0 Å². The highest BCUT2D eigenvalue weighted by Crippen LogP contribution is 2.32. The summed E-state index contributed by atoms with van der Waals surface area (Å²) in [6.07, 6.45) is 5.42. The Bertz CT molecular complexity index is 1190. The monoisotopic (exact) mass is 503 g/mol. The Labute approximate surface area is 179 Å². The van der Waals surface area contributed by atoms with Gasteiger partial charge in [-0.3, -0.25) is 9.20 Å². The van der Waals surface area contributed by atoms with Gasteiger partial charge in [-0.05, 0) is 41.5 Å². The van der Waals surface area contributed by atoms with E-state index >= 15 is 0 Å². The van der Waals surface area contributed by atoms with Gasteiger partial charge in [0, 0.05) is 46.9 Å². The number of likely N-dealkylation sites (tertiary alicyclic amines) is 1. The highest BCUT2D eigenvalue weighted by molar-refractivity contribution is 14.1. The first kappa shape index (κ1) is 17.9. The summed E-state index contributed by atoms with van der Waals surface area (Å²) in [5.41, 5.74) is 7.73. The number of aromatic nitrogens is 3. The number of piperidine rings is 1. The molecule has 142 valence electrons. The zero-order valence-electron chi connectivity index (χ0n) is 15.0. The van der Waals surface area contributed by atoms with Crippen LogP contribution in [0.15, 0.2) is 42.0 Å². The lowest BCUT2D eigenvalue weighted by molar-refractivity contribution is 0.0713. The van der Waals surface area contributed by atoms with Crippen molar-refractivity contribution < 1.29 is 4.79 Å². The molecule has 1 aliphatic rings. The van der Waals surface area contributed by atoms with Crippen LogP contribution in [0.3, 0.4) is 0 Å². The topological polar surface area (TPSA) is 76.5 Å². The molecule has 0 saturated carbocycles. The van der Waals surface area contributed by atoms with Gasteiger partial charge in [-0.1, -0.05) is 18.2 Å². The number of amides is 1. The molecule has 1 amide bonds. The first-order valence-electron chi connectivity index (χ1n) is 9.17. The average molecular weight is 503 g/mol. The standard InChI is InChI=1S/C20H18IN5OS/c21-17-16-18(22)23-7-10-26(16)19(24-17)12-5-8-25(9-6-12)20(27)14-11-28-15-4-2-1-3-13(14)15/h1-4,7,10-12H,5-6,8-9H2,(H2,22,23). The number of carbonyl (C=O) groups is 1. The van der Waals surface area contributed by atoms with E-state index in [4.69, 9.17) is 10.7 Å². The van der Waals surface area contributed by atoms with E-state index < -0.39 is 0 Å². The quantitative estimate of drug-likeness (QED) is 0.417. The fourth-order valence-corrected chi connectivity index (χ4v) is 5.70. The molecule has 2 N–H and O–H groups in total. The second kappa shape index (κ2) is 7.00. The van der Waals surface area contributed by atoms with Gasteiger partial charge in [-0.15, -0.1) is 11.3 Å². The van der Waals surface area contributed by atoms with Crippen molar-refractivity contribution in [3.8, 4) is 0 Å². The number of imidazole rings is 1. The molecular weight excluding hydrogens is 485 g/mol. The van der Waals surface area contributed by atoms with E-state index in [0.29, 0.717) is 11.7 Å². The van der Waals surface area contributed by atoms with Gasteiger partial charge in [0.15, 0.2) is 5.82 Å². The molecule has 6 nitrogen and oxygen atoms in total. The van der Waals surface area contributed by atoms with Gasteiger partial charge in [-0.2, -0.15) is 0 Å². The van der Waals surface area contributed by atoms with Crippen molar-refractivity contribution in [3.05, 3.63) is 57.1 Å². The first-order chi connectivity index (χ1) is 13.6. The Morgan fingerprint density at radius 1 is 1.25 bits per heavy atom. The second-order valence-corrected chi connectivity index (χ2v) is 8.94. The Hall–Kier alpha value is -2.20. The summed E-state index contributed by atoms with van der Waals surface area (Å²) >= 11 is 3.84. The molecule has 4 aromatic rings. The van der Waals surface area contributed by atoms with Crippen LogP contribution in [-0.2, 0) is 0 Å². The Balaban J connectivity index is 1.37. The van der Waals surface area contributed by atoms with E-state index in [-0.39, 0.29) is 5.91 Å². The zero-order chi connectivity index (χ0) is 19.3. The molecular formula is C20H18IN5OS. The maximum absolute atomic E-state index is 13.1. The van der Waals surface area contributed by atoms with Crippen LogP contribution >= 0.6 is 33.9 Å². The van der Waals surface area contributed by atoms with Gasteiger partial charge in [0.25, 0.3) is 5.91 Å². The van der Waals surface area contributed by atoms with Crippen LogP contribution in [0.4, 0.5) is 5.82 Å². The van der Waals surface area contributed by atoms with Crippen molar-refractivity contribution in [2.24, 2.45) is 0 Å². The number of thiophene rings is 1. The van der Waals surface area contributed by atoms with Gasteiger partial charge in [-0.25, -0.2) is 9.97 Å². The Morgan fingerprint density at radius 3 is 2.86 bits per heavy atom. The lowest BCUT2D eigenvalue weighted by Crippen LogP contribution is -2.38. The zero-order valence-corrected chi connectivity index (χ0v) is 18.0. The highest BCUT2D eigenvalue weighted by Gasteiger charge is 2.29. The minimum Gasteiger partial charge on any atom is -0.382 e. The van der Waals surface area contributed by atoms with Crippen molar-refractivity contribution in [2.75, 3.05) is 18.8 Å². The molecule has 0 radical (unpaired) electrons. The molecule has 0 bridgehead atoms. The first-order valence-corrected chi connectivity index (χ1v) is 11.1. The molecule has 0 spiro atoms. The third-order valence-corrected chi connectivity index (χ3v) is 7.14. The number of anilines is 1. The van der Waals surface area contributed by atoms with Gasteiger partial charge < -0.3 is 10.6 Å². The van der Waals surface area contributed by atoms with Gasteiger partial charge in [0.2, 0.25) is 0 Å². The molecule has 0 atom stereocenters. The number of nitrogens with two attached hydrogens (primary N) is 1. The fourth-order valence-electron chi connectivity index (χ4n) is 3.99. The van der Waals surface area contributed by atoms with E-state index in [1.54, 1.807) is 17.5 Å². The van der Waals surface area contributed by atoms with Crippen LogP contribution in [0.1, 0.15) is 34.9 Å². The smallest absolute Gasteiger partial charge is 0.255 e. The molecule has 0 aliphatic carbocycles. The lowest BCUT2D eigenvalue weighted by Gasteiger charge is -2.31. The average Bonchev–Trinajstić information content (AvgIpc) is 3.30. The lowest BCUT2D eigenvalue weighted by atomic mass is 9.95. The van der Waals surface area contributed by atoms with Gasteiger partial charge in [0.05, 0.1) is 5.56 Å². The fraction of sp³-hybridized carbons (Fsp3) is 0.250. The number of nitrogens with zero attached hydrogens (tertiary/aromatic N) is 4. The summed E-state index contributed by atoms with van der Waals surface area (Å²) in [5, 5.41) is 3.04. The van der Waals surface area contributed by atoms with E-state index in [9.17, 15) is 4.79 Å². The number of halogens is 1. The van der Waals surface area contributed by atoms with Crippen LogP contribution in [0.2, 0.25) is 0 Å². The summed E-state index contributed by atoms with van der Waals surface area (Å²) in [7, 11) is 0. The van der Waals surface area contributed by atoms with Crippen LogP contribution in [-0.4, -0.2) is 38.3 Å². The van der Waals surface area contributed by atoms with Crippen molar-refractivity contribution in [1.82, 2.24) is 19.3 Å². The van der Waals surface area contributed by atoms with Crippen molar-refractivity contribution in [2.45, 2.75) is 18.8 Å². The summed E-state index contributed by atoms with van der Waals surface area (Å²) in [4.78, 5) is 24.0. The molecule has 1 fully saturated rings. The van der Waals surface area contributed by atoms with E-state index in [1.165, 1.54) is 0 Å². The predicted molar refractivity (Wildman–Crippen MR) is 120 cm³/mol. The number of rotatable bonds is 2. The van der Waals surface area contributed by atoms with Crippen LogP contribution < -0.4 is 5.73 Å². The maximum atomic E-state index is 13.1. The molecule has 8 heteroatoms. The SMILES string of the molecule is Nc1nccn2c(C3CCN(C(=O)c4csc5ccccc45)CC3)nc(I)c12. The molecule has 4 heterocycles. The number of fused-ring (bicyclic) bond motifs is 2. The number of nitrogen functional groups attached to an aromatic ring is 1. The Kier molecular flexibility index (Phi) is 4.47. The predicted octanol–water partition coefficient (Wildman–Crippen LogP) is 4.15. The Morgan fingerprint density at radius 2 is 2.04 bits per heavy atom. The molecule has 0 unspecified atom stereocenters. The molecule has 3 aromatic heterocycles.